The molecule has 150 valence electrons. The van der Waals surface area contributed by atoms with Gasteiger partial charge in [0.05, 0.1) is 12.8 Å². The summed E-state index contributed by atoms with van der Waals surface area (Å²) in [5, 5.41) is 4.27. The minimum atomic E-state index is -4.67. The van der Waals surface area contributed by atoms with Crippen molar-refractivity contribution in [2.45, 2.75) is 20.8 Å². The number of methoxy groups -OCH3 is 1. The second kappa shape index (κ2) is 9.16. The first-order valence-electron chi connectivity index (χ1n) is 8.23. The van der Waals surface area contributed by atoms with Gasteiger partial charge in [0.15, 0.2) is 5.13 Å². The SMILES string of the molecule is COc1ccc(Nc2nc(-c3ccc(C)c(C)c3)c(C)s2)cc1.O=S(=O)(O)O. The zero-order valence-electron chi connectivity index (χ0n) is 15.9. The molecule has 0 atom stereocenters. The van der Waals surface area contributed by atoms with E-state index in [4.69, 9.17) is 27.2 Å². The summed E-state index contributed by atoms with van der Waals surface area (Å²) in [6.45, 7) is 6.38. The van der Waals surface area contributed by atoms with Crippen molar-refractivity contribution in [3.63, 3.8) is 0 Å². The fourth-order valence-corrected chi connectivity index (χ4v) is 3.26. The van der Waals surface area contributed by atoms with Crippen molar-refractivity contribution >= 4 is 32.6 Å². The van der Waals surface area contributed by atoms with Crippen LogP contribution in [0.15, 0.2) is 42.5 Å². The van der Waals surface area contributed by atoms with E-state index in [0.29, 0.717) is 0 Å². The lowest BCUT2D eigenvalue weighted by atomic mass is 10.0. The van der Waals surface area contributed by atoms with Gasteiger partial charge in [-0.15, -0.1) is 11.3 Å². The summed E-state index contributed by atoms with van der Waals surface area (Å²) in [6, 6.07) is 14.4. The van der Waals surface area contributed by atoms with E-state index < -0.39 is 10.4 Å². The number of aryl methyl sites for hydroxylation is 3. The topological polar surface area (TPSA) is 109 Å². The fraction of sp³-hybridized carbons (Fsp3) is 0.211. The molecule has 0 bridgehead atoms. The highest BCUT2D eigenvalue weighted by molar-refractivity contribution is 7.79. The number of anilines is 2. The number of thiazole rings is 1. The van der Waals surface area contributed by atoms with E-state index in [1.165, 1.54) is 21.6 Å². The Morgan fingerprint density at radius 2 is 1.61 bits per heavy atom. The van der Waals surface area contributed by atoms with Crippen molar-refractivity contribution < 1.29 is 22.3 Å². The van der Waals surface area contributed by atoms with Gasteiger partial charge in [0.1, 0.15) is 5.75 Å². The summed E-state index contributed by atoms with van der Waals surface area (Å²) in [6.07, 6.45) is 0. The van der Waals surface area contributed by atoms with Gasteiger partial charge < -0.3 is 10.1 Å². The molecule has 0 aliphatic carbocycles. The van der Waals surface area contributed by atoms with Crippen molar-refractivity contribution in [1.82, 2.24) is 4.98 Å². The van der Waals surface area contributed by atoms with Crippen LogP contribution in [0.5, 0.6) is 5.75 Å². The van der Waals surface area contributed by atoms with Crippen LogP contribution in [-0.4, -0.2) is 29.6 Å². The standard InChI is InChI=1S/C19H20N2OS.H2O4S/c1-12-5-6-15(11-13(12)2)18-14(3)23-19(21-18)20-16-7-9-17(22-4)10-8-16;1-5(2,3)4/h5-11H,1-4H3,(H,20,21);(H2,1,2,3,4). The number of rotatable bonds is 4. The van der Waals surface area contributed by atoms with Crippen molar-refractivity contribution in [2.24, 2.45) is 0 Å². The van der Waals surface area contributed by atoms with Gasteiger partial charge in [-0.2, -0.15) is 8.42 Å². The summed E-state index contributed by atoms with van der Waals surface area (Å²) in [4.78, 5) is 5.98. The molecule has 0 saturated carbocycles. The Kier molecular flexibility index (Phi) is 7.14. The van der Waals surface area contributed by atoms with Gasteiger partial charge in [-0.25, -0.2) is 4.98 Å². The molecule has 0 fully saturated rings. The second-order valence-electron chi connectivity index (χ2n) is 6.02. The molecule has 0 aliphatic heterocycles. The van der Waals surface area contributed by atoms with E-state index in [9.17, 15) is 0 Å². The number of hydrogen-bond donors (Lipinski definition) is 3. The van der Waals surface area contributed by atoms with Crippen LogP contribution in [0, 0.1) is 20.8 Å². The third kappa shape index (κ3) is 6.61. The highest BCUT2D eigenvalue weighted by Crippen LogP contribution is 2.33. The summed E-state index contributed by atoms with van der Waals surface area (Å²) in [5.74, 6) is 0.849. The van der Waals surface area contributed by atoms with Crippen LogP contribution < -0.4 is 10.1 Å². The van der Waals surface area contributed by atoms with Gasteiger partial charge in [-0.1, -0.05) is 12.1 Å². The molecule has 3 N–H and O–H groups in total. The van der Waals surface area contributed by atoms with Gasteiger partial charge in [0.2, 0.25) is 0 Å². The maximum Gasteiger partial charge on any atom is 0.394 e. The first-order chi connectivity index (χ1) is 13.1. The quantitative estimate of drug-likeness (QED) is 0.516. The van der Waals surface area contributed by atoms with Crippen LogP contribution in [0.3, 0.4) is 0 Å². The Balaban J connectivity index is 0.000000500. The Labute approximate surface area is 168 Å². The van der Waals surface area contributed by atoms with E-state index >= 15 is 0 Å². The first kappa shape index (κ1) is 21.8. The highest BCUT2D eigenvalue weighted by Gasteiger charge is 2.11. The number of nitrogens with zero attached hydrogens (tertiary/aromatic N) is 1. The van der Waals surface area contributed by atoms with Crippen LogP contribution >= 0.6 is 11.3 Å². The lowest BCUT2D eigenvalue weighted by Crippen LogP contribution is -1.90. The molecule has 0 radical (unpaired) electrons. The van der Waals surface area contributed by atoms with Gasteiger partial charge in [-0.3, -0.25) is 9.11 Å². The Hall–Kier alpha value is -2.46. The average Bonchev–Trinajstić information content (AvgIpc) is 2.97. The average molecular weight is 423 g/mol. The van der Waals surface area contributed by atoms with E-state index in [-0.39, 0.29) is 0 Å². The summed E-state index contributed by atoms with van der Waals surface area (Å²) in [5.41, 5.74) is 5.82. The minimum Gasteiger partial charge on any atom is -0.497 e. The molecule has 0 aliphatic rings. The van der Waals surface area contributed by atoms with E-state index in [2.05, 4.69) is 44.3 Å². The van der Waals surface area contributed by atoms with Crippen LogP contribution in [0.25, 0.3) is 11.3 Å². The third-order valence-corrected chi connectivity index (χ3v) is 4.80. The van der Waals surface area contributed by atoms with Gasteiger partial charge >= 0.3 is 10.4 Å². The van der Waals surface area contributed by atoms with Crippen LogP contribution in [0.4, 0.5) is 10.8 Å². The lowest BCUT2D eigenvalue weighted by Gasteiger charge is -2.04. The number of hydrogen-bond acceptors (Lipinski definition) is 6. The molecule has 3 rings (SSSR count). The number of nitrogens with one attached hydrogen (secondary N) is 1. The Morgan fingerprint density at radius 1 is 1.00 bits per heavy atom. The third-order valence-electron chi connectivity index (χ3n) is 3.92. The van der Waals surface area contributed by atoms with Crippen molar-refractivity contribution in [2.75, 3.05) is 12.4 Å². The predicted octanol–water partition coefficient (Wildman–Crippen LogP) is 4.83. The molecule has 0 spiro atoms. The summed E-state index contributed by atoms with van der Waals surface area (Å²) >= 11 is 1.67. The van der Waals surface area contributed by atoms with Crippen molar-refractivity contribution in [3.8, 4) is 17.0 Å². The number of ether oxygens (including phenoxy) is 1. The molecule has 0 unspecified atom stereocenters. The van der Waals surface area contributed by atoms with Crippen molar-refractivity contribution in [1.29, 1.82) is 0 Å². The molecule has 1 aromatic heterocycles. The zero-order chi connectivity index (χ0) is 20.9. The van der Waals surface area contributed by atoms with Gasteiger partial charge in [-0.05, 0) is 62.2 Å². The highest BCUT2D eigenvalue weighted by atomic mass is 32.3. The number of benzene rings is 2. The smallest absolute Gasteiger partial charge is 0.394 e. The molecule has 0 amide bonds. The van der Waals surface area contributed by atoms with Gasteiger partial charge in [0.25, 0.3) is 0 Å². The fourth-order valence-electron chi connectivity index (χ4n) is 2.40. The Morgan fingerprint density at radius 3 is 2.14 bits per heavy atom. The molecular weight excluding hydrogens is 400 g/mol. The maximum absolute atomic E-state index is 8.74. The molecule has 9 heteroatoms. The largest absolute Gasteiger partial charge is 0.497 e. The molecule has 0 saturated heterocycles. The van der Waals surface area contributed by atoms with Crippen LogP contribution in [0.1, 0.15) is 16.0 Å². The zero-order valence-corrected chi connectivity index (χ0v) is 17.6. The summed E-state index contributed by atoms with van der Waals surface area (Å²) < 4.78 is 36.8. The molecule has 7 nitrogen and oxygen atoms in total. The van der Waals surface area contributed by atoms with Crippen LogP contribution in [0.2, 0.25) is 0 Å². The first-order valence-corrected chi connectivity index (χ1v) is 10.4. The van der Waals surface area contributed by atoms with Crippen LogP contribution in [-0.2, 0) is 10.4 Å². The normalized spacial score (nSPS) is 10.8. The maximum atomic E-state index is 8.74. The number of aromatic nitrogens is 1. The molecule has 2 aromatic carbocycles. The minimum absolute atomic E-state index is 0.849. The Bertz CT molecular complexity index is 1040. The van der Waals surface area contributed by atoms with E-state index in [1.54, 1.807) is 18.4 Å². The predicted molar refractivity (Wildman–Crippen MR) is 112 cm³/mol. The van der Waals surface area contributed by atoms with Crippen molar-refractivity contribution in [3.05, 3.63) is 58.5 Å². The van der Waals surface area contributed by atoms with E-state index in [1.807, 2.05) is 24.3 Å². The molecule has 1 heterocycles. The monoisotopic (exact) mass is 422 g/mol. The second-order valence-corrected chi connectivity index (χ2v) is 8.12. The van der Waals surface area contributed by atoms with Gasteiger partial charge in [0, 0.05) is 16.1 Å². The lowest BCUT2D eigenvalue weighted by molar-refractivity contribution is 0.381. The molecule has 28 heavy (non-hydrogen) atoms. The van der Waals surface area contributed by atoms with E-state index in [0.717, 1.165) is 22.3 Å². The summed E-state index contributed by atoms with van der Waals surface area (Å²) in [7, 11) is -3.00. The molecule has 3 aromatic rings. The molecular formula is C19H22N2O5S2.